The first kappa shape index (κ1) is 18.4. The number of hydrogen-bond donors (Lipinski definition) is 1. The Balaban J connectivity index is 1.89. The second kappa shape index (κ2) is 7.47. The van der Waals surface area contributed by atoms with Gasteiger partial charge in [-0.1, -0.05) is 29.8 Å². The lowest BCUT2D eigenvalue weighted by molar-refractivity contribution is -0.141. The van der Waals surface area contributed by atoms with Crippen molar-refractivity contribution in [2.45, 2.75) is 30.7 Å². The zero-order valence-electron chi connectivity index (χ0n) is 14.7. The van der Waals surface area contributed by atoms with Crippen molar-refractivity contribution in [3.05, 3.63) is 59.2 Å². The molecule has 3 rings (SSSR count). The van der Waals surface area contributed by atoms with Crippen molar-refractivity contribution in [3.8, 4) is 5.75 Å². The van der Waals surface area contributed by atoms with E-state index in [9.17, 15) is 13.2 Å². The lowest BCUT2D eigenvalue weighted by Crippen LogP contribution is -2.30. The first-order valence-corrected chi connectivity index (χ1v) is 9.79. The smallest absolute Gasteiger partial charge is 0.307 e. The number of sulfonamides is 1. The number of hydrogen-bond acceptors (Lipinski definition) is 5. The highest BCUT2D eigenvalue weighted by molar-refractivity contribution is 7.89. The summed E-state index contributed by atoms with van der Waals surface area (Å²) in [5.41, 5.74) is 2.62. The van der Waals surface area contributed by atoms with E-state index in [4.69, 9.17) is 9.47 Å². The molecule has 0 saturated heterocycles. The van der Waals surface area contributed by atoms with E-state index in [2.05, 4.69) is 4.72 Å². The topological polar surface area (TPSA) is 81.7 Å². The highest BCUT2D eigenvalue weighted by Gasteiger charge is 2.25. The Kier molecular flexibility index (Phi) is 5.29. The lowest BCUT2D eigenvalue weighted by atomic mass is 10.0. The van der Waals surface area contributed by atoms with Crippen LogP contribution in [0.5, 0.6) is 5.75 Å². The maximum Gasteiger partial charge on any atom is 0.307 e. The molecule has 7 heteroatoms. The molecule has 138 valence electrons. The molecule has 0 amide bonds. The van der Waals surface area contributed by atoms with Crippen molar-refractivity contribution in [3.63, 3.8) is 0 Å². The summed E-state index contributed by atoms with van der Waals surface area (Å²) in [5, 5.41) is 0. The van der Waals surface area contributed by atoms with E-state index >= 15 is 0 Å². The van der Waals surface area contributed by atoms with Crippen molar-refractivity contribution in [2.24, 2.45) is 0 Å². The Labute approximate surface area is 153 Å². The maximum absolute atomic E-state index is 12.8. The van der Waals surface area contributed by atoms with Gasteiger partial charge < -0.3 is 9.47 Å². The Morgan fingerprint density at radius 3 is 2.65 bits per heavy atom. The van der Waals surface area contributed by atoms with Gasteiger partial charge in [0.25, 0.3) is 0 Å². The molecule has 1 unspecified atom stereocenters. The highest BCUT2D eigenvalue weighted by atomic mass is 32.2. The maximum atomic E-state index is 12.8. The van der Waals surface area contributed by atoms with Crippen LogP contribution in [0.3, 0.4) is 0 Å². The number of aryl methyl sites for hydroxylation is 1. The van der Waals surface area contributed by atoms with Crippen LogP contribution in [0.1, 0.15) is 29.2 Å². The van der Waals surface area contributed by atoms with Gasteiger partial charge in [-0.2, -0.15) is 0 Å². The van der Waals surface area contributed by atoms with E-state index in [-0.39, 0.29) is 11.3 Å². The SMILES string of the molecule is COC(=O)CC(NS(=O)(=O)c1ccc2c(c1)CCO2)c1ccc(C)cc1. The van der Waals surface area contributed by atoms with Gasteiger partial charge in [0.15, 0.2) is 0 Å². The van der Waals surface area contributed by atoms with Gasteiger partial charge in [-0.05, 0) is 36.2 Å². The number of rotatable bonds is 6. The van der Waals surface area contributed by atoms with Crippen LogP contribution >= 0.6 is 0 Å². The molecule has 1 heterocycles. The molecule has 1 atom stereocenters. The largest absolute Gasteiger partial charge is 0.493 e. The van der Waals surface area contributed by atoms with Gasteiger partial charge in [0.05, 0.1) is 31.1 Å². The molecule has 0 radical (unpaired) electrons. The third-order valence-corrected chi connectivity index (χ3v) is 5.82. The minimum Gasteiger partial charge on any atom is -0.493 e. The number of nitrogens with one attached hydrogen (secondary N) is 1. The summed E-state index contributed by atoms with van der Waals surface area (Å²) in [6.07, 6.45) is 0.592. The number of methoxy groups -OCH3 is 1. The lowest BCUT2D eigenvalue weighted by Gasteiger charge is -2.19. The van der Waals surface area contributed by atoms with Crippen LogP contribution in [0.15, 0.2) is 47.4 Å². The average molecular weight is 375 g/mol. The highest BCUT2D eigenvalue weighted by Crippen LogP contribution is 2.28. The van der Waals surface area contributed by atoms with Crippen LogP contribution in [-0.4, -0.2) is 28.1 Å². The third-order valence-electron chi connectivity index (χ3n) is 4.35. The molecule has 6 nitrogen and oxygen atoms in total. The van der Waals surface area contributed by atoms with Gasteiger partial charge in [-0.3, -0.25) is 4.79 Å². The first-order chi connectivity index (χ1) is 12.4. The van der Waals surface area contributed by atoms with E-state index < -0.39 is 22.0 Å². The van der Waals surface area contributed by atoms with Crippen molar-refractivity contribution < 1.29 is 22.7 Å². The van der Waals surface area contributed by atoms with Crippen LogP contribution < -0.4 is 9.46 Å². The standard InChI is InChI=1S/C19H21NO5S/c1-13-3-5-14(6-4-13)17(12-19(21)24-2)20-26(22,23)16-7-8-18-15(11-16)9-10-25-18/h3-8,11,17,20H,9-10,12H2,1-2H3. The molecule has 0 aromatic heterocycles. The van der Waals surface area contributed by atoms with Crippen LogP contribution in [0.2, 0.25) is 0 Å². The molecule has 1 N–H and O–H groups in total. The molecule has 2 aromatic rings. The predicted octanol–water partition coefficient (Wildman–Crippen LogP) is 2.51. The fraction of sp³-hybridized carbons (Fsp3) is 0.316. The molecule has 0 spiro atoms. The molecular formula is C19H21NO5S. The van der Waals surface area contributed by atoms with Crippen molar-refractivity contribution in [1.29, 1.82) is 0 Å². The molecule has 0 fully saturated rings. The molecule has 1 aliphatic heterocycles. The number of esters is 1. The van der Waals surface area contributed by atoms with E-state index in [1.54, 1.807) is 12.1 Å². The van der Waals surface area contributed by atoms with Crippen molar-refractivity contribution in [2.75, 3.05) is 13.7 Å². The molecule has 2 aromatic carbocycles. The molecule has 0 aliphatic carbocycles. The fourth-order valence-electron chi connectivity index (χ4n) is 2.86. The van der Waals surface area contributed by atoms with Gasteiger partial charge in [-0.25, -0.2) is 13.1 Å². The number of ether oxygens (including phenoxy) is 2. The van der Waals surface area contributed by atoms with Gasteiger partial charge in [0.2, 0.25) is 10.0 Å². The summed E-state index contributed by atoms with van der Waals surface area (Å²) in [6.45, 7) is 2.50. The molecule has 1 aliphatic rings. The van der Waals surface area contributed by atoms with E-state index in [0.717, 1.165) is 11.1 Å². The second-order valence-electron chi connectivity index (χ2n) is 6.23. The Bertz CT molecular complexity index is 906. The van der Waals surface area contributed by atoms with Gasteiger partial charge in [0, 0.05) is 6.42 Å². The Morgan fingerprint density at radius 2 is 1.96 bits per heavy atom. The summed E-state index contributed by atoms with van der Waals surface area (Å²) in [7, 11) is -2.53. The summed E-state index contributed by atoms with van der Waals surface area (Å²) in [5.74, 6) is 0.231. The number of carbonyl (C=O) groups is 1. The Hall–Kier alpha value is -2.38. The summed E-state index contributed by atoms with van der Waals surface area (Å²) in [6, 6.07) is 11.5. The number of carbonyl (C=O) groups excluding carboxylic acids is 1. The van der Waals surface area contributed by atoms with Gasteiger partial charge in [0.1, 0.15) is 5.75 Å². The Morgan fingerprint density at radius 1 is 1.23 bits per heavy atom. The monoisotopic (exact) mass is 375 g/mol. The predicted molar refractivity (Wildman–Crippen MR) is 96.5 cm³/mol. The van der Waals surface area contributed by atoms with Crippen LogP contribution in [0.4, 0.5) is 0 Å². The average Bonchev–Trinajstić information content (AvgIpc) is 3.09. The number of fused-ring (bicyclic) bond motifs is 1. The molecule has 26 heavy (non-hydrogen) atoms. The first-order valence-electron chi connectivity index (χ1n) is 8.30. The zero-order chi connectivity index (χ0) is 18.7. The van der Waals surface area contributed by atoms with Crippen LogP contribution in [-0.2, 0) is 26.0 Å². The zero-order valence-corrected chi connectivity index (χ0v) is 15.5. The minimum atomic E-state index is -3.81. The summed E-state index contributed by atoms with van der Waals surface area (Å²) in [4.78, 5) is 11.9. The number of benzene rings is 2. The van der Waals surface area contributed by atoms with Crippen molar-refractivity contribution >= 4 is 16.0 Å². The van der Waals surface area contributed by atoms with Crippen molar-refractivity contribution in [1.82, 2.24) is 4.72 Å². The molecule has 0 saturated carbocycles. The fourth-order valence-corrected chi connectivity index (χ4v) is 4.14. The minimum absolute atomic E-state index is 0.0904. The molecular weight excluding hydrogens is 354 g/mol. The van der Waals surface area contributed by atoms with Crippen LogP contribution in [0.25, 0.3) is 0 Å². The van der Waals surface area contributed by atoms with E-state index in [1.807, 2.05) is 31.2 Å². The van der Waals surface area contributed by atoms with Gasteiger partial charge in [-0.15, -0.1) is 0 Å². The second-order valence-corrected chi connectivity index (χ2v) is 7.95. The van der Waals surface area contributed by atoms with E-state index in [1.165, 1.54) is 13.2 Å². The quantitative estimate of drug-likeness (QED) is 0.785. The summed E-state index contributed by atoms with van der Waals surface area (Å²) >= 11 is 0. The third kappa shape index (κ3) is 4.05. The normalized spacial score (nSPS) is 14.4. The summed E-state index contributed by atoms with van der Waals surface area (Å²) < 4.78 is 38.5. The van der Waals surface area contributed by atoms with E-state index in [0.29, 0.717) is 24.3 Å². The van der Waals surface area contributed by atoms with Gasteiger partial charge >= 0.3 is 5.97 Å². The molecule has 0 bridgehead atoms. The van der Waals surface area contributed by atoms with Crippen LogP contribution in [0, 0.1) is 6.92 Å².